The number of hydrogen-bond acceptors (Lipinski definition) is 5. The van der Waals surface area contributed by atoms with Gasteiger partial charge in [0.15, 0.2) is 0 Å². The molecule has 3 aromatic heterocycles. The zero-order valence-corrected chi connectivity index (χ0v) is 15.3. The number of aromatic nitrogens is 3. The number of nitrogens with zero attached hydrogens (tertiary/aromatic N) is 3. The summed E-state index contributed by atoms with van der Waals surface area (Å²) in [4.78, 5) is 24.9. The van der Waals surface area contributed by atoms with Gasteiger partial charge in [0.05, 0.1) is 22.3 Å². The number of nitrogens with one attached hydrogen (secondary N) is 2. The van der Waals surface area contributed by atoms with E-state index < -0.39 is 17.6 Å². The molecular formula is C19H19F3N6O. The van der Waals surface area contributed by atoms with Crippen molar-refractivity contribution in [2.75, 3.05) is 23.3 Å². The van der Waals surface area contributed by atoms with Crippen molar-refractivity contribution in [3.8, 4) is 0 Å². The maximum Gasteiger partial charge on any atom is 0.419 e. The van der Waals surface area contributed by atoms with Crippen LogP contribution in [-0.2, 0) is 6.18 Å². The molecule has 0 bridgehead atoms. The van der Waals surface area contributed by atoms with Crippen LogP contribution in [-0.4, -0.2) is 40.0 Å². The molecule has 10 heteroatoms. The molecule has 3 aromatic rings. The summed E-state index contributed by atoms with van der Waals surface area (Å²) in [6, 6.07) is 4.62. The average molecular weight is 404 g/mol. The first kappa shape index (κ1) is 19.2. The number of nitrogens with two attached hydrogens (primary N) is 1. The van der Waals surface area contributed by atoms with Crippen LogP contribution in [0.25, 0.3) is 11.0 Å². The Morgan fingerprint density at radius 2 is 2.14 bits per heavy atom. The Labute approximate surface area is 164 Å². The molecule has 4 N–H and O–H groups in total. The summed E-state index contributed by atoms with van der Waals surface area (Å²) in [7, 11) is 0. The van der Waals surface area contributed by atoms with Gasteiger partial charge in [0.2, 0.25) is 0 Å². The van der Waals surface area contributed by atoms with E-state index in [1.54, 1.807) is 17.0 Å². The topological polar surface area (TPSA) is 99.9 Å². The zero-order chi connectivity index (χ0) is 20.6. The fourth-order valence-corrected chi connectivity index (χ4v) is 3.61. The lowest BCUT2D eigenvalue weighted by molar-refractivity contribution is -0.137. The predicted molar refractivity (Wildman–Crippen MR) is 103 cm³/mol. The average Bonchev–Trinajstić information content (AvgIpc) is 3.10. The van der Waals surface area contributed by atoms with Crippen molar-refractivity contribution in [2.24, 2.45) is 5.73 Å². The summed E-state index contributed by atoms with van der Waals surface area (Å²) in [6.45, 7) is 0.732. The minimum Gasteiger partial charge on any atom is -0.369 e. The van der Waals surface area contributed by atoms with E-state index in [0.29, 0.717) is 19.5 Å². The number of aromatic amines is 1. The van der Waals surface area contributed by atoms with Crippen molar-refractivity contribution in [2.45, 2.75) is 25.1 Å². The molecule has 1 atom stereocenters. The van der Waals surface area contributed by atoms with Gasteiger partial charge in [-0.15, -0.1) is 0 Å². The van der Waals surface area contributed by atoms with E-state index in [9.17, 15) is 18.0 Å². The number of pyridine rings is 2. The summed E-state index contributed by atoms with van der Waals surface area (Å²) in [5.74, 6) is -0.523. The lowest BCUT2D eigenvalue weighted by atomic mass is 10.0. The van der Waals surface area contributed by atoms with Gasteiger partial charge in [-0.05, 0) is 25.0 Å². The third kappa shape index (κ3) is 3.75. The number of piperidine rings is 1. The van der Waals surface area contributed by atoms with Crippen LogP contribution in [0.4, 0.5) is 24.5 Å². The number of carbonyl (C=O) groups excluding carboxylic acids is 1. The Hall–Kier alpha value is -3.14. The molecule has 0 saturated carbocycles. The third-order valence-corrected chi connectivity index (χ3v) is 4.90. The Kier molecular flexibility index (Phi) is 4.87. The Morgan fingerprint density at radius 1 is 1.31 bits per heavy atom. The van der Waals surface area contributed by atoms with Crippen molar-refractivity contribution < 1.29 is 18.0 Å². The summed E-state index contributed by atoms with van der Waals surface area (Å²) in [5, 5.41) is 2.86. The molecule has 4 rings (SSSR count). The van der Waals surface area contributed by atoms with E-state index in [1.807, 2.05) is 0 Å². The van der Waals surface area contributed by atoms with Crippen LogP contribution in [0.2, 0.25) is 0 Å². The van der Waals surface area contributed by atoms with E-state index in [1.165, 1.54) is 18.5 Å². The standard InChI is InChI=1S/C19H19F3N6O/c20-19(21,22)12-8-25-17-15(16(12)28-7-3-4-11(23)10-28)14(9-26-17)27-18(29)13-5-1-2-6-24-13/h1-2,5-6,8-9,11H,3-4,7,10,23H2,(H,25,26)(H,27,29)/t11-/m1/s1. The zero-order valence-electron chi connectivity index (χ0n) is 15.3. The van der Waals surface area contributed by atoms with Crippen molar-refractivity contribution in [1.82, 2.24) is 15.0 Å². The van der Waals surface area contributed by atoms with Crippen LogP contribution in [0.15, 0.2) is 36.8 Å². The molecule has 0 aliphatic carbocycles. The second-order valence-electron chi connectivity index (χ2n) is 6.96. The second-order valence-corrected chi connectivity index (χ2v) is 6.96. The number of hydrogen-bond donors (Lipinski definition) is 3. The van der Waals surface area contributed by atoms with Crippen molar-refractivity contribution in [1.29, 1.82) is 0 Å². The van der Waals surface area contributed by atoms with Gasteiger partial charge < -0.3 is 20.9 Å². The van der Waals surface area contributed by atoms with Crippen molar-refractivity contribution >= 4 is 28.3 Å². The molecule has 7 nitrogen and oxygen atoms in total. The second kappa shape index (κ2) is 7.36. The molecule has 1 saturated heterocycles. The summed E-state index contributed by atoms with van der Waals surface area (Å²) >= 11 is 0. The van der Waals surface area contributed by atoms with Crippen molar-refractivity contribution in [3.63, 3.8) is 0 Å². The van der Waals surface area contributed by atoms with Gasteiger partial charge in [0.25, 0.3) is 5.91 Å². The van der Waals surface area contributed by atoms with E-state index in [4.69, 9.17) is 5.73 Å². The monoisotopic (exact) mass is 404 g/mol. The lowest BCUT2D eigenvalue weighted by Gasteiger charge is -2.34. The predicted octanol–water partition coefficient (Wildman–Crippen LogP) is 3.16. The molecule has 0 aromatic carbocycles. The quantitative estimate of drug-likeness (QED) is 0.623. The first-order valence-electron chi connectivity index (χ1n) is 9.15. The molecule has 152 valence electrons. The number of amides is 1. The highest BCUT2D eigenvalue weighted by atomic mass is 19.4. The highest BCUT2D eigenvalue weighted by Gasteiger charge is 2.38. The Bertz CT molecular complexity index is 1030. The molecule has 1 aliphatic rings. The normalized spacial score (nSPS) is 17.5. The summed E-state index contributed by atoms with van der Waals surface area (Å²) in [5.41, 5.74) is 5.76. The minimum atomic E-state index is -4.60. The Balaban J connectivity index is 1.83. The fraction of sp³-hybridized carbons (Fsp3) is 0.316. The van der Waals surface area contributed by atoms with Gasteiger partial charge in [-0.1, -0.05) is 6.07 Å². The number of H-pyrrole nitrogens is 1. The highest BCUT2D eigenvalue weighted by molar-refractivity contribution is 6.11. The molecule has 1 aliphatic heterocycles. The van der Waals surface area contributed by atoms with Crippen LogP contribution < -0.4 is 16.0 Å². The molecule has 4 heterocycles. The van der Waals surface area contributed by atoms with Gasteiger partial charge >= 0.3 is 6.18 Å². The fourth-order valence-electron chi connectivity index (χ4n) is 3.61. The van der Waals surface area contributed by atoms with Gasteiger partial charge in [0.1, 0.15) is 11.3 Å². The minimum absolute atomic E-state index is 0.0183. The molecule has 0 spiro atoms. The highest BCUT2D eigenvalue weighted by Crippen LogP contribution is 2.43. The first-order chi connectivity index (χ1) is 13.8. The number of alkyl halides is 3. The van der Waals surface area contributed by atoms with Gasteiger partial charge in [-0.25, -0.2) is 4.98 Å². The van der Waals surface area contributed by atoms with Crippen molar-refractivity contribution in [3.05, 3.63) is 48.0 Å². The molecule has 0 radical (unpaired) electrons. The maximum atomic E-state index is 13.8. The van der Waals surface area contributed by atoms with E-state index in [2.05, 4.69) is 20.3 Å². The number of fused-ring (bicyclic) bond motifs is 1. The van der Waals surface area contributed by atoms with Crippen LogP contribution in [0.1, 0.15) is 28.9 Å². The Morgan fingerprint density at radius 3 is 2.83 bits per heavy atom. The lowest BCUT2D eigenvalue weighted by Crippen LogP contribution is -2.43. The molecular weight excluding hydrogens is 385 g/mol. The molecule has 1 fully saturated rings. The molecule has 29 heavy (non-hydrogen) atoms. The molecule has 0 unspecified atom stereocenters. The number of rotatable bonds is 3. The van der Waals surface area contributed by atoms with Crippen LogP contribution >= 0.6 is 0 Å². The largest absolute Gasteiger partial charge is 0.419 e. The SMILES string of the molecule is N[C@@H]1CCCN(c2c(C(F)(F)F)cnc3[nH]cc(NC(=O)c4ccccn4)c23)C1. The van der Waals surface area contributed by atoms with Gasteiger partial charge in [-0.3, -0.25) is 9.78 Å². The van der Waals surface area contributed by atoms with E-state index in [-0.39, 0.29) is 34.1 Å². The number of anilines is 2. The smallest absolute Gasteiger partial charge is 0.369 e. The maximum absolute atomic E-state index is 13.8. The van der Waals surface area contributed by atoms with E-state index >= 15 is 0 Å². The third-order valence-electron chi connectivity index (χ3n) is 4.90. The van der Waals surface area contributed by atoms with Crippen LogP contribution in [0, 0.1) is 0 Å². The molecule has 1 amide bonds. The van der Waals surface area contributed by atoms with Crippen LogP contribution in [0.3, 0.4) is 0 Å². The summed E-state index contributed by atoms with van der Waals surface area (Å²) in [6.07, 6.45) is 0.557. The van der Waals surface area contributed by atoms with Gasteiger partial charge in [0, 0.05) is 37.7 Å². The summed E-state index contributed by atoms with van der Waals surface area (Å²) < 4.78 is 41.4. The van der Waals surface area contributed by atoms with Crippen LogP contribution in [0.5, 0.6) is 0 Å². The van der Waals surface area contributed by atoms with Gasteiger partial charge in [-0.2, -0.15) is 13.2 Å². The number of carbonyl (C=O) groups is 1. The van der Waals surface area contributed by atoms with E-state index in [0.717, 1.165) is 12.6 Å². The number of halogens is 3. The first-order valence-corrected chi connectivity index (χ1v) is 9.15.